The highest BCUT2D eigenvalue weighted by molar-refractivity contribution is 5.55. The van der Waals surface area contributed by atoms with E-state index in [9.17, 15) is 0 Å². The summed E-state index contributed by atoms with van der Waals surface area (Å²) in [6.45, 7) is 4.59. The molecule has 0 bridgehead atoms. The molecule has 0 radical (unpaired) electrons. The van der Waals surface area contributed by atoms with Crippen LogP contribution >= 0.6 is 0 Å². The van der Waals surface area contributed by atoms with Crippen LogP contribution in [0.4, 0.5) is 0 Å². The summed E-state index contributed by atoms with van der Waals surface area (Å²) in [6.07, 6.45) is 18.6. The summed E-state index contributed by atoms with van der Waals surface area (Å²) in [7, 11) is 0. The molecule has 1 aromatic carbocycles. The molecule has 2 aromatic rings. The van der Waals surface area contributed by atoms with Crippen LogP contribution in [-0.2, 0) is 12.8 Å². The average Bonchev–Trinajstić information content (AvgIpc) is 2.74. The molecule has 1 aliphatic rings. The molecule has 0 unspecified atom stereocenters. The SMILES string of the molecule is CCCCCc1ccc(-c2ncc(CCC3CCC(CC)CC3)cn2)cc1. The Morgan fingerprint density at radius 1 is 0.778 bits per heavy atom. The van der Waals surface area contributed by atoms with Gasteiger partial charge in [0.25, 0.3) is 0 Å². The Balaban J connectivity index is 1.48. The number of rotatable bonds is 9. The Morgan fingerprint density at radius 2 is 1.44 bits per heavy atom. The molecule has 3 rings (SSSR count). The Bertz CT molecular complexity index is 652. The normalized spacial score (nSPS) is 19.9. The molecule has 1 fully saturated rings. The number of aromatic nitrogens is 2. The highest BCUT2D eigenvalue weighted by Gasteiger charge is 2.19. The van der Waals surface area contributed by atoms with Gasteiger partial charge in [0.2, 0.25) is 0 Å². The third-order valence-electron chi connectivity index (χ3n) is 6.37. The fraction of sp³-hybridized carbons (Fsp3) is 0.600. The van der Waals surface area contributed by atoms with E-state index in [0.717, 1.165) is 29.6 Å². The minimum atomic E-state index is 0.849. The monoisotopic (exact) mass is 364 g/mol. The van der Waals surface area contributed by atoms with E-state index < -0.39 is 0 Å². The van der Waals surface area contributed by atoms with E-state index in [1.807, 2.05) is 12.4 Å². The van der Waals surface area contributed by atoms with E-state index in [-0.39, 0.29) is 0 Å². The van der Waals surface area contributed by atoms with Gasteiger partial charge in [-0.25, -0.2) is 9.97 Å². The molecular formula is C25H36N2. The summed E-state index contributed by atoms with van der Waals surface area (Å²) in [6, 6.07) is 8.80. The van der Waals surface area contributed by atoms with E-state index in [0.29, 0.717) is 0 Å². The average molecular weight is 365 g/mol. The fourth-order valence-corrected chi connectivity index (χ4v) is 4.33. The van der Waals surface area contributed by atoms with Crippen LogP contribution < -0.4 is 0 Å². The summed E-state index contributed by atoms with van der Waals surface area (Å²) in [5.41, 5.74) is 3.83. The Hall–Kier alpha value is -1.70. The van der Waals surface area contributed by atoms with Crippen molar-refractivity contribution in [2.24, 2.45) is 11.8 Å². The third kappa shape index (κ3) is 6.16. The first-order chi connectivity index (χ1) is 13.3. The first-order valence-corrected chi connectivity index (χ1v) is 11.2. The van der Waals surface area contributed by atoms with Crippen molar-refractivity contribution >= 4 is 0 Å². The molecule has 1 aliphatic carbocycles. The van der Waals surface area contributed by atoms with Gasteiger partial charge in [-0.3, -0.25) is 0 Å². The van der Waals surface area contributed by atoms with E-state index in [1.165, 1.54) is 75.3 Å². The van der Waals surface area contributed by atoms with Crippen molar-refractivity contribution in [3.05, 3.63) is 47.8 Å². The van der Waals surface area contributed by atoms with Crippen LogP contribution in [-0.4, -0.2) is 9.97 Å². The predicted octanol–water partition coefficient (Wildman–Crippen LogP) is 7.03. The topological polar surface area (TPSA) is 25.8 Å². The molecule has 0 aliphatic heterocycles. The van der Waals surface area contributed by atoms with Crippen molar-refractivity contribution in [1.29, 1.82) is 0 Å². The predicted molar refractivity (Wildman–Crippen MR) is 115 cm³/mol. The second-order valence-corrected chi connectivity index (χ2v) is 8.40. The van der Waals surface area contributed by atoms with Crippen LogP contribution in [0.2, 0.25) is 0 Å². The van der Waals surface area contributed by atoms with Crippen molar-refractivity contribution in [3.8, 4) is 11.4 Å². The minimum absolute atomic E-state index is 0.849. The van der Waals surface area contributed by atoms with Crippen molar-refractivity contribution in [2.75, 3.05) is 0 Å². The van der Waals surface area contributed by atoms with Gasteiger partial charge in [0.1, 0.15) is 0 Å². The summed E-state index contributed by atoms with van der Waals surface area (Å²) in [5.74, 6) is 2.75. The van der Waals surface area contributed by atoms with Gasteiger partial charge < -0.3 is 0 Å². The standard InChI is InChI=1S/C25H36N2/c1-3-5-6-7-21-14-16-24(17-15-21)25-26-18-23(19-27-25)13-12-22-10-8-20(4-2)9-11-22/h14-20,22H,3-13H2,1-2H3. The van der Waals surface area contributed by atoms with Gasteiger partial charge in [-0.05, 0) is 48.6 Å². The molecule has 146 valence electrons. The second kappa shape index (κ2) is 10.6. The molecular weight excluding hydrogens is 328 g/mol. The lowest BCUT2D eigenvalue weighted by Gasteiger charge is -2.27. The lowest BCUT2D eigenvalue weighted by atomic mass is 9.79. The highest BCUT2D eigenvalue weighted by atomic mass is 14.9. The Labute approximate surface area is 165 Å². The number of hydrogen-bond donors (Lipinski definition) is 0. The van der Waals surface area contributed by atoms with E-state index in [4.69, 9.17) is 0 Å². The van der Waals surface area contributed by atoms with Crippen LogP contribution in [0.15, 0.2) is 36.7 Å². The molecule has 0 saturated heterocycles. The van der Waals surface area contributed by atoms with Crippen molar-refractivity contribution in [2.45, 2.75) is 84.5 Å². The first-order valence-electron chi connectivity index (χ1n) is 11.2. The maximum atomic E-state index is 4.63. The van der Waals surface area contributed by atoms with Gasteiger partial charge in [-0.2, -0.15) is 0 Å². The first kappa shape index (κ1) is 20.0. The van der Waals surface area contributed by atoms with Crippen LogP contribution in [0.5, 0.6) is 0 Å². The molecule has 2 heteroatoms. The van der Waals surface area contributed by atoms with E-state index in [2.05, 4.69) is 48.1 Å². The quantitative estimate of drug-likeness (QED) is 0.446. The van der Waals surface area contributed by atoms with Crippen molar-refractivity contribution in [3.63, 3.8) is 0 Å². The molecule has 0 spiro atoms. The zero-order valence-corrected chi connectivity index (χ0v) is 17.3. The van der Waals surface area contributed by atoms with Gasteiger partial charge in [-0.15, -0.1) is 0 Å². The maximum absolute atomic E-state index is 4.63. The molecule has 1 saturated carbocycles. The van der Waals surface area contributed by atoms with E-state index >= 15 is 0 Å². The molecule has 1 heterocycles. The molecule has 0 N–H and O–H groups in total. The smallest absolute Gasteiger partial charge is 0.159 e. The molecule has 2 nitrogen and oxygen atoms in total. The number of unbranched alkanes of at least 4 members (excludes halogenated alkanes) is 2. The number of hydrogen-bond acceptors (Lipinski definition) is 2. The van der Waals surface area contributed by atoms with Crippen molar-refractivity contribution in [1.82, 2.24) is 9.97 Å². The second-order valence-electron chi connectivity index (χ2n) is 8.40. The van der Waals surface area contributed by atoms with Gasteiger partial charge >= 0.3 is 0 Å². The zero-order chi connectivity index (χ0) is 18.9. The summed E-state index contributed by atoms with van der Waals surface area (Å²) < 4.78 is 0. The van der Waals surface area contributed by atoms with E-state index in [1.54, 1.807) is 0 Å². The summed E-state index contributed by atoms with van der Waals surface area (Å²) in [4.78, 5) is 9.26. The van der Waals surface area contributed by atoms with Crippen LogP contribution in [0.3, 0.4) is 0 Å². The Kier molecular flexibility index (Phi) is 7.86. The lowest BCUT2D eigenvalue weighted by Crippen LogP contribution is -2.14. The molecule has 1 aromatic heterocycles. The van der Waals surface area contributed by atoms with Crippen molar-refractivity contribution < 1.29 is 0 Å². The molecule has 27 heavy (non-hydrogen) atoms. The maximum Gasteiger partial charge on any atom is 0.159 e. The lowest BCUT2D eigenvalue weighted by molar-refractivity contribution is 0.258. The molecule has 0 atom stereocenters. The minimum Gasteiger partial charge on any atom is -0.236 e. The van der Waals surface area contributed by atoms with Crippen LogP contribution in [0.1, 0.15) is 82.8 Å². The number of nitrogens with zero attached hydrogens (tertiary/aromatic N) is 2. The Morgan fingerprint density at radius 3 is 2.07 bits per heavy atom. The largest absolute Gasteiger partial charge is 0.236 e. The fourth-order valence-electron chi connectivity index (χ4n) is 4.33. The summed E-state index contributed by atoms with van der Waals surface area (Å²) >= 11 is 0. The summed E-state index contributed by atoms with van der Waals surface area (Å²) in [5, 5.41) is 0. The van der Waals surface area contributed by atoms with Gasteiger partial charge in [0, 0.05) is 18.0 Å². The number of benzene rings is 1. The van der Waals surface area contributed by atoms with Gasteiger partial charge in [-0.1, -0.05) is 83.1 Å². The van der Waals surface area contributed by atoms with Crippen LogP contribution in [0.25, 0.3) is 11.4 Å². The van der Waals surface area contributed by atoms with Gasteiger partial charge in [0.15, 0.2) is 5.82 Å². The highest BCUT2D eigenvalue weighted by Crippen LogP contribution is 2.33. The van der Waals surface area contributed by atoms with Crippen LogP contribution in [0, 0.1) is 11.8 Å². The van der Waals surface area contributed by atoms with Gasteiger partial charge in [0.05, 0.1) is 0 Å². The number of aryl methyl sites for hydroxylation is 2. The molecule has 0 amide bonds. The zero-order valence-electron chi connectivity index (χ0n) is 17.3. The third-order valence-corrected chi connectivity index (χ3v) is 6.37.